The molecule has 11 rings (SSSR count). The van der Waals surface area contributed by atoms with E-state index in [0.29, 0.717) is 0 Å². The SMILES string of the molecule is C[Si]1(C)Oc2ccccc2[Si](C)(c2ccc3c(c2)c2cccc4c2-c2c(cccc2c2ccccc23)c2ccccc2c2ccccc42)Sc2ccccc21. The zero-order chi connectivity index (χ0) is 36.9. The second-order valence-corrected chi connectivity index (χ2v) is 26.2. The number of para-hydroxylation sites is 1. The standard InChI is InChI=1S/C51H38OSSi2/c1-54(2)49-29-13-11-27-47(49)53-55(3,48-28-12-10-26-46(48)52-54)33-30-31-40-36-18-6-9-21-39(36)42-23-14-22-41-37-19-7-4-16-34(37)35-17-5-8-20-38(35)43-24-15-25-44(45(40)32-33)51(43)50(41)42/h4-32H,1-3H3. The van der Waals surface area contributed by atoms with Crippen molar-refractivity contribution in [3.8, 4) is 16.9 Å². The van der Waals surface area contributed by atoms with Crippen LogP contribution < -0.4 is 20.0 Å². The van der Waals surface area contributed by atoms with Gasteiger partial charge in [-0.1, -0.05) is 170 Å². The second kappa shape index (κ2) is 12.2. The first-order valence-corrected chi connectivity index (χ1v) is 26.1. The van der Waals surface area contributed by atoms with Crippen molar-refractivity contribution in [3.63, 3.8) is 0 Å². The number of hydrogen-bond donors (Lipinski definition) is 0. The van der Waals surface area contributed by atoms with E-state index in [2.05, 4.69) is 207 Å². The highest BCUT2D eigenvalue weighted by Gasteiger charge is 2.42. The van der Waals surface area contributed by atoms with Gasteiger partial charge in [-0.2, -0.15) is 0 Å². The molecule has 1 unspecified atom stereocenters. The highest BCUT2D eigenvalue weighted by molar-refractivity contribution is 8.31. The van der Waals surface area contributed by atoms with Crippen molar-refractivity contribution in [2.24, 2.45) is 0 Å². The van der Waals surface area contributed by atoms with Gasteiger partial charge in [-0.05, 0) is 117 Å². The van der Waals surface area contributed by atoms with Gasteiger partial charge >= 0.3 is 0 Å². The molecule has 0 saturated carbocycles. The van der Waals surface area contributed by atoms with E-state index in [1.807, 2.05) is 0 Å². The molecule has 0 amide bonds. The highest BCUT2D eigenvalue weighted by atomic mass is 32.4. The summed E-state index contributed by atoms with van der Waals surface area (Å²) in [5, 5.41) is 19.4. The van der Waals surface area contributed by atoms with Crippen molar-refractivity contribution in [2.45, 2.75) is 24.5 Å². The van der Waals surface area contributed by atoms with Gasteiger partial charge in [-0.15, -0.1) is 11.2 Å². The van der Waals surface area contributed by atoms with Crippen LogP contribution in [0.5, 0.6) is 5.75 Å². The van der Waals surface area contributed by atoms with E-state index in [9.17, 15) is 0 Å². The van der Waals surface area contributed by atoms with E-state index < -0.39 is 15.5 Å². The first-order valence-electron chi connectivity index (χ1n) is 19.2. The van der Waals surface area contributed by atoms with Gasteiger partial charge in [-0.3, -0.25) is 0 Å². The van der Waals surface area contributed by atoms with Crippen LogP contribution >= 0.6 is 11.2 Å². The van der Waals surface area contributed by atoms with Gasteiger partial charge in [0.25, 0.3) is 8.32 Å². The Morgan fingerprint density at radius 3 is 1.31 bits per heavy atom. The molecule has 1 nitrogen and oxygen atoms in total. The van der Waals surface area contributed by atoms with E-state index >= 15 is 0 Å². The lowest BCUT2D eigenvalue weighted by molar-refractivity contribution is 0.567. The molecule has 1 heterocycles. The smallest absolute Gasteiger partial charge is 0.277 e. The fourth-order valence-corrected chi connectivity index (χ4v) is 19.4. The van der Waals surface area contributed by atoms with E-state index in [1.54, 1.807) is 0 Å². The van der Waals surface area contributed by atoms with E-state index in [1.165, 1.54) is 96.2 Å². The molecule has 0 spiro atoms. The maximum Gasteiger partial charge on any atom is 0.277 e. The zero-order valence-corrected chi connectivity index (χ0v) is 33.9. The summed E-state index contributed by atoms with van der Waals surface area (Å²) in [7, 11) is -4.75. The third kappa shape index (κ3) is 4.85. The molecule has 8 aromatic rings. The zero-order valence-electron chi connectivity index (χ0n) is 31.1. The van der Waals surface area contributed by atoms with Crippen LogP contribution in [-0.4, -0.2) is 15.5 Å². The van der Waals surface area contributed by atoms with Crippen LogP contribution in [0.25, 0.3) is 75.8 Å². The van der Waals surface area contributed by atoms with E-state index in [-0.39, 0.29) is 0 Å². The van der Waals surface area contributed by atoms with Crippen LogP contribution in [0.15, 0.2) is 181 Å². The second-order valence-electron chi connectivity index (χ2n) is 15.6. The predicted octanol–water partition coefficient (Wildman–Crippen LogP) is 12.6. The number of benzene rings is 8. The van der Waals surface area contributed by atoms with Gasteiger partial charge in [0, 0.05) is 4.90 Å². The minimum atomic E-state index is -2.52. The van der Waals surface area contributed by atoms with Crippen molar-refractivity contribution in [1.82, 2.24) is 0 Å². The Hall–Kier alpha value is -5.66. The summed E-state index contributed by atoms with van der Waals surface area (Å²) >= 11 is 2.11. The number of fused-ring (bicyclic) bond motifs is 12. The van der Waals surface area contributed by atoms with Gasteiger partial charge in [-0.25, -0.2) is 0 Å². The van der Waals surface area contributed by atoms with Crippen molar-refractivity contribution < 1.29 is 4.43 Å². The fourth-order valence-electron chi connectivity index (χ4n) is 9.52. The molecular formula is C51H38OSSi2. The quantitative estimate of drug-likeness (QED) is 0.154. The lowest BCUT2D eigenvalue weighted by atomic mass is 9.84. The Balaban J connectivity index is 1.35. The summed E-state index contributed by atoms with van der Waals surface area (Å²) in [6.07, 6.45) is 0. The Kier molecular flexibility index (Phi) is 7.25. The topological polar surface area (TPSA) is 9.23 Å². The van der Waals surface area contributed by atoms with Crippen LogP contribution in [0.3, 0.4) is 0 Å². The van der Waals surface area contributed by atoms with Crippen LogP contribution in [0.4, 0.5) is 0 Å². The Labute approximate surface area is 327 Å². The van der Waals surface area contributed by atoms with Crippen molar-refractivity contribution in [2.75, 3.05) is 0 Å². The van der Waals surface area contributed by atoms with Gasteiger partial charge in [0.1, 0.15) is 5.75 Å². The summed E-state index contributed by atoms with van der Waals surface area (Å²) in [5.41, 5.74) is 2.61. The molecule has 55 heavy (non-hydrogen) atoms. The molecule has 262 valence electrons. The third-order valence-corrected chi connectivity index (χ3v) is 21.8. The van der Waals surface area contributed by atoms with Crippen molar-refractivity contribution in [1.29, 1.82) is 0 Å². The molecule has 0 N–H and O–H groups in total. The summed E-state index contributed by atoms with van der Waals surface area (Å²) < 4.78 is 7.14. The van der Waals surface area contributed by atoms with Gasteiger partial charge in [0.15, 0.2) is 7.22 Å². The molecule has 0 saturated heterocycles. The highest BCUT2D eigenvalue weighted by Crippen LogP contribution is 2.47. The largest absolute Gasteiger partial charge is 0.540 e. The van der Waals surface area contributed by atoms with E-state index in [4.69, 9.17) is 4.43 Å². The summed E-state index contributed by atoms with van der Waals surface area (Å²) in [6, 6.07) is 66.3. The molecular weight excluding hydrogens is 717 g/mol. The Bertz CT molecular complexity index is 3220. The summed E-state index contributed by atoms with van der Waals surface area (Å²) in [5.74, 6) is 1.05. The minimum absolute atomic E-state index is 1.05. The maximum atomic E-state index is 7.14. The van der Waals surface area contributed by atoms with Crippen LogP contribution in [-0.2, 0) is 0 Å². The van der Waals surface area contributed by atoms with Crippen LogP contribution in [0, 0.1) is 0 Å². The lowest BCUT2D eigenvalue weighted by Gasteiger charge is -2.37. The molecule has 3 aliphatic rings. The molecule has 1 aliphatic heterocycles. The molecule has 0 bridgehead atoms. The summed E-state index contributed by atoms with van der Waals surface area (Å²) in [4.78, 5) is 1.36. The number of rotatable bonds is 1. The average Bonchev–Trinajstić information content (AvgIpc) is 3.22. The van der Waals surface area contributed by atoms with Gasteiger partial charge in [0.2, 0.25) is 0 Å². The molecule has 2 aliphatic carbocycles. The average molecular weight is 755 g/mol. The Morgan fingerprint density at radius 2 is 0.764 bits per heavy atom. The lowest BCUT2D eigenvalue weighted by Crippen LogP contribution is -2.58. The first kappa shape index (κ1) is 32.7. The molecule has 0 aromatic heterocycles. The van der Waals surface area contributed by atoms with Gasteiger partial charge < -0.3 is 4.43 Å². The van der Waals surface area contributed by atoms with E-state index in [0.717, 1.165) is 5.75 Å². The van der Waals surface area contributed by atoms with Crippen LogP contribution in [0.1, 0.15) is 0 Å². The minimum Gasteiger partial charge on any atom is -0.540 e. The molecule has 0 fully saturated rings. The predicted molar refractivity (Wildman–Crippen MR) is 244 cm³/mol. The normalized spacial score (nSPS) is 16.6. The fraction of sp³-hybridized carbons (Fsp3) is 0.0588. The monoisotopic (exact) mass is 754 g/mol. The Morgan fingerprint density at radius 1 is 0.364 bits per heavy atom. The molecule has 0 radical (unpaired) electrons. The maximum absolute atomic E-state index is 7.14. The van der Waals surface area contributed by atoms with Crippen molar-refractivity contribution in [3.05, 3.63) is 176 Å². The molecule has 1 atom stereocenters. The molecule has 4 heteroatoms. The van der Waals surface area contributed by atoms with Gasteiger partial charge in [0.05, 0.1) is 0 Å². The number of hydrogen-bond acceptors (Lipinski definition) is 2. The first-order chi connectivity index (χ1) is 26.9. The third-order valence-electron chi connectivity index (χ3n) is 12.1. The summed E-state index contributed by atoms with van der Waals surface area (Å²) in [6.45, 7) is 7.20. The van der Waals surface area contributed by atoms with Crippen LogP contribution in [0.2, 0.25) is 19.6 Å². The molecule has 8 aromatic carbocycles. The van der Waals surface area contributed by atoms with Crippen molar-refractivity contribution >= 4 is 107 Å².